The van der Waals surface area contributed by atoms with Crippen molar-refractivity contribution in [2.75, 3.05) is 6.61 Å². The number of benzene rings is 1. The Morgan fingerprint density at radius 2 is 1.89 bits per heavy atom. The maximum absolute atomic E-state index is 12.5. The average Bonchev–Trinajstić information content (AvgIpc) is 3.29. The van der Waals surface area contributed by atoms with E-state index < -0.39 is 5.97 Å². The number of ether oxygens (including phenoxy) is 1. The first-order valence-corrected chi connectivity index (χ1v) is 8.67. The second kappa shape index (κ2) is 8.36. The molecular weight excluding hydrogens is 342 g/mol. The summed E-state index contributed by atoms with van der Waals surface area (Å²) >= 11 is 0. The molecule has 0 atom stereocenters. The lowest BCUT2D eigenvalue weighted by molar-refractivity contribution is -0.136. The standard InChI is InChI=1S/C22H21NO4/c1-16-13-20(17(2)23(16)14-18-7-4-3-5-8-18)21(24)15-27-22(25)11-10-19-9-6-12-26-19/h3-13H,14-15H2,1-2H3/b11-10+. The monoisotopic (exact) mass is 363 g/mol. The van der Waals surface area contributed by atoms with Crippen molar-refractivity contribution in [2.45, 2.75) is 20.4 Å². The number of carbonyl (C=O) groups is 2. The highest BCUT2D eigenvalue weighted by Gasteiger charge is 2.17. The summed E-state index contributed by atoms with van der Waals surface area (Å²) in [4.78, 5) is 24.3. The van der Waals surface area contributed by atoms with Gasteiger partial charge in [-0.25, -0.2) is 4.79 Å². The third kappa shape index (κ3) is 4.64. The minimum atomic E-state index is -0.585. The van der Waals surface area contributed by atoms with E-state index in [1.165, 1.54) is 18.4 Å². The zero-order chi connectivity index (χ0) is 19.2. The maximum atomic E-state index is 12.5. The van der Waals surface area contributed by atoms with Gasteiger partial charge >= 0.3 is 5.97 Å². The number of nitrogens with zero attached hydrogens (tertiary/aromatic N) is 1. The minimum Gasteiger partial charge on any atom is -0.465 e. The maximum Gasteiger partial charge on any atom is 0.331 e. The van der Waals surface area contributed by atoms with Gasteiger partial charge in [-0.2, -0.15) is 0 Å². The van der Waals surface area contributed by atoms with Gasteiger partial charge in [-0.05, 0) is 43.7 Å². The molecule has 0 saturated heterocycles. The third-order valence-electron chi connectivity index (χ3n) is 4.33. The highest BCUT2D eigenvalue weighted by Crippen LogP contribution is 2.18. The molecule has 2 aromatic heterocycles. The summed E-state index contributed by atoms with van der Waals surface area (Å²) < 4.78 is 12.2. The molecular formula is C22H21NO4. The van der Waals surface area contributed by atoms with Crippen LogP contribution in [0.3, 0.4) is 0 Å². The Morgan fingerprint density at radius 1 is 1.11 bits per heavy atom. The van der Waals surface area contributed by atoms with E-state index in [2.05, 4.69) is 4.57 Å². The Bertz CT molecular complexity index is 950. The summed E-state index contributed by atoms with van der Waals surface area (Å²) in [5.41, 5.74) is 3.59. The predicted octanol–water partition coefficient (Wildman–Crippen LogP) is 4.19. The first kappa shape index (κ1) is 18.5. The van der Waals surface area contributed by atoms with E-state index in [0.29, 0.717) is 17.9 Å². The van der Waals surface area contributed by atoms with Crippen LogP contribution >= 0.6 is 0 Å². The number of Topliss-reactive ketones (excluding diaryl/α,β-unsaturated/α-hetero) is 1. The SMILES string of the molecule is Cc1cc(C(=O)COC(=O)/C=C/c2ccco2)c(C)n1Cc1ccccc1. The molecule has 0 saturated carbocycles. The summed E-state index contributed by atoms with van der Waals surface area (Å²) in [6.45, 7) is 4.26. The number of ketones is 1. The Labute approximate surface area is 157 Å². The number of hydrogen-bond acceptors (Lipinski definition) is 4. The fourth-order valence-electron chi connectivity index (χ4n) is 2.89. The number of rotatable bonds is 7. The van der Waals surface area contributed by atoms with E-state index in [1.807, 2.05) is 50.2 Å². The lowest BCUT2D eigenvalue weighted by Gasteiger charge is -2.10. The Morgan fingerprint density at radius 3 is 2.59 bits per heavy atom. The summed E-state index contributed by atoms with van der Waals surface area (Å²) in [6, 6.07) is 15.3. The van der Waals surface area contributed by atoms with Gasteiger partial charge in [0.1, 0.15) is 5.76 Å². The quantitative estimate of drug-likeness (QED) is 0.359. The van der Waals surface area contributed by atoms with Crippen LogP contribution < -0.4 is 0 Å². The lowest BCUT2D eigenvalue weighted by atomic mass is 10.1. The zero-order valence-corrected chi connectivity index (χ0v) is 15.3. The number of carbonyl (C=O) groups excluding carboxylic acids is 2. The smallest absolute Gasteiger partial charge is 0.331 e. The second-order valence-corrected chi connectivity index (χ2v) is 6.24. The highest BCUT2D eigenvalue weighted by atomic mass is 16.5. The van der Waals surface area contributed by atoms with Crippen LogP contribution in [-0.4, -0.2) is 22.9 Å². The van der Waals surface area contributed by atoms with Crippen LogP contribution in [-0.2, 0) is 16.1 Å². The zero-order valence-electron chi connectivity index (χ0n) is 15.3. The average molecular weight is 363 g/mol. The van der Waals surface area contributed by atoms with Crippen LogP contribution in [0.25, 0.3) is 6.08 Å². The van der Waals surface area contributed by atoms with Gasteiger partial charge in [-0.3, -0.25) is 4.79 Å². The summed E-state index contributed by atoms with van der Waals surface area (Å²) in [5.74, 6) is -0.261. The van der Waals surface area contributed by atoms with Crippen LogP contribution in [0.1, 0.15) is 33.1 Å². The lowest BCUT2D eigenvalue weighted by Crippen LogP contribution is -2.13. The van der Waals surface area contributed by atoms with Crippen LogP contribution in [0.2, 0.25) is 0 Å². The Kier molecular flexibility index (Phi) is 5.71. The van der Waals surface area contributed by atoms with Crippen molar-refractivity contribution >= 4 is 17.8 Å². The van der Waals surface area contributed by atoms with Gasteiger partial charge in [-0.15, -0.1) is 0 Å². The van der Waals surface area contributed by atoms with Crippen molar-refractivity contribution in [3.8, 4) is 0 Å². The van der Waals surface area contributed by atoms with E-state index in [9.17, 15) is 9.59 Å². The molecule has 0 unspecified atom stereocenters. The normalized spacial score (nSPS) is 11.0. The van der Waals surface area contributed by atoms with Crippen molar-refractivity contribution < 1.29 is 18.7 Å². The van der Waals surface area contributed by atoms with Crippen molar-refractivity contribution in [3.63, 3.8) is 0 Å². The molecule has 27 heavy (non-hydrogen) atoms. The molecule has 1 aromatic carbocycles. The molecule has 0 amide bonds. The van der Waals surface area contributed by atoms with Crippen LogP contribution in [0.15, 0.2) is 65.3 Å². The number of esters is 1. The molecule has 0 spiro atoms. The van der Waals surface area contributed by atoms with Crippen molar-refractivity contribution in [3.05, 3.63) is 89.1 Å². The molecule has 3 aromatic rings. The molecule has 0 aliphatic rings. The minimum absolute atomic E-state index is 0.220. The second-order valence-electron chi connectivity index (χ2n) is 6.24. The first-order chi connectivity index (χ1) is 13.0. The van der Waals surface area contributed by atoms with Crippen LogP contribution in [0.5, 0.6) is 0 Å². The number of aromatic nitrogens is 1. The topological polar surface area (TPSA) is 61.4 Å². The summed E-state index contributed by atoms with van der Waals surface area (Å²) in [7, 11) is 0. The van der Waals surface area contributed by atoms with Crippen molar-refractivity contribution in [1.82, 2.24) is 4.57 Å². The fraction of sp³-hybridized carbons (Fsp3) is 0.182. The van der Waals surface area contributed by atoms with Gasteiger partial charge in [0.2, 0.25) is 5.78 Å². The largest absolute Gasteiger partial charge is 0.465 e. The predicted molar refractivity (Wildman–Crippen MR) is 102 cm³/mol. The molecule has 2 heterocycles. The number of aryl methyl sites for hydroxylation is 1. The molecule has 0 aliphatic heterocycles. The molecule has 0 aliphatic carbocycles. The summed E-state index contributed by atoms with van der Waals surface area (Å²) in [5, 5.41) is 0. The van der Waals surface area contributed by atoms with E-state index in [4.69, 9.17) is 9.15 Å². The van der Waals surface area contributed by atoms with E-state index >= 15 is 0 Å². The van der Waals surface area contributed by atoms with Gasteiger partial charge in [0.15, 0.2) is 6.61 Å². The summed E-state index contributed by atoms with van der Waals surface area (Å²) in [6.07, 6.45) is 4.25. The van der Waals surface area contributed by atoms with Gasteiger partial charge in [0.05, 0.1) is 6.26 Å². The highest BCUT2D eigenvalue weighted by molar-refractivity contribution is 6.00. The Hall–Kier alpha value is -3.34. The van der Waals surface area contributed by atoms with Crippen molar-refractivity contribution in [1.29, 1.82) is 0 Å². The number of hydrogen-bond donors (Lipinski definition) is 0. The van der Waals surface area contributed by atoms with Gasteiger partial charge in [0.25, 0.3) is 0 Å². The molecule has 0 N–H and O–H groups in total. The molecule has 3 rings (SSSR count). The van der Waals surface area contributed by atoms with Crippen molar-refractivity contribution in [2.24, 2.45) is 0 Å². The fourth-order valence-corrected chi connectivity index (χ4v) is 2.89. The molecule has 0 fully saturated rings. The first-order valence-electron chi connectivity index (χ1n) is 8.67. The van der Waals surface area contributed by atoms with E-state index in [0.717, 1.165) is 17.0 Å². The van der Waals surface area contributed by atoms with Crippen LogP contribution in [0.4, 0.5) is 0 Å². The van der Waals surface area contributed by atoms with Gasteiger partial charge in [-0.1, -0.05) is 30.3 Å². The van der Waals surface area contributed by atoms with Crippen LogP contribution in [0, 0.1) is 13.8 Å². The molecule has 5 nitrogen and oxygen atoms in total. The Balaban J connectivity index is 1.63. The third-order valence-corrected chi connectivity index (χ3v) is 4.33. The van der Waals surface area contributed by atoms with Gasteiger partial charge < -0.3 is 13.7 Å². The van der Waals surface area contributed by atoms with E-state index in [-0.39, 0.29) is 12.4 Å². The molecule has 5 heteroatoms. The number of furan rings is 1. The molecule has 138 valence electrons. The molecule has 0 radical (unpaired) electrons. The molecule has 0 bridgehead atoms. The van der Waals surface area contributed by atoms with E-state index in [1.54, 1.807) is 12.1 Å². The van der Waals surface area contributed by atoms with Gasteiger partial charge in [0, 0.05) is 29.6 Å².